The Labute approximate surface area is 178 Å². The highest BCUT2D eigenvalue weighted by Crippen LogP contribution is 2.22. The largest absolute Gasteiger partial charge is 0.370 e. The number of ether oxygens (including phenoxy) is 1. The highest BCUT2D eigenvalue weighted by molar-refractivity contribution is 5.80. The number of aromatic nitrogens is 3. The molecule has 0 spiro atoms. The van der Waals surface area contributed by atoms with E-state index in [0.29, 0.717) is 13.2 Å². The monoisotopic (exact) mass is 412 g/mol. The standard InChI is InChI=1S/C21H32N8O/c1-22-21(29-11-12-30-19(16-29)18-14-25-27(3)15-18)24-13-17-5-4-6-23-20(17)28-9-7-26(2)8-10-28/h4-6,14-15,19H,7-13,16H2,1-3H3,(H,22,24). The maximum absolute atomic E-state index is 5.97. The van der Waals surface area contributed by atoms with Gasteiger partial charge in [-0.05, 0) is 13.1 Å². The number of hydrogen-bond acceptors (Lipinski definition) is 6. The van der Waals surface area contributed by atoms with Gasteiger partial charge in [-0.3, -0.25) is 9.67 Å². The van der Waals surface area contributed by atoms with Crippen LogP contribution < -0.4 is 10.2 Å². The molecular weight excluding hydrogens is 380 g/mol. The molecule has 1 unspecified atom stereocenters. The molecule has 2 fully saturated rings. The number of nitrogens with zero attached hydrogens (tertiary/aromatic N) is 7. The first-order valence-corrected chi connectivity index (χ1v) is 10.6. The second-order valence-corrected chi connectivity index (χ2v) is 7.93. The van der Waals surface area contributed by atoms with Gasteiger partial charge in [0.1, 0.15) is 11.9 Å². The van der Waals surface area contributed by atoms with Crippen molar-refractivity contribution in [3.05, 3.63) is 41.9 Å². The Morgan fingerprint density at radius 1 is 1.23 bits per heavy atom. The SMILES string of the molecule is CN=C(NCc1cccnc1N1CCN(C)CC1)N1CCOC(c2cnn(C)c2)C1. The van der Waals surface area contributed by atoms with Crippen LogP contribution in [0.2, 0.25) is 0 Å². The van der Waals surface area contributed by atoms with Crippen LogP contribution in [-0.4, -0.2) is 90.5 Å². The van der Waals surface area contributed by atoms with Crippen LogP contribution in [0.25, 0.3) is 0 Å². The molecule has 4 heterocycles. The second kappa shape index (κ2) is 9.44. The summed E-state index contributed by atoms with van der Waals surface area (Å²) >= 11 is 0. The molecule has 0 radical (unpaired) electrons. The minimum absolute atomic E-state index is 0.00490. The van der Waals surface area contributed by atoms with Gasteiger partial charge in [-0.2, -0.15) is 5.10 Å². The maximum atomic E-state index is 5.97. The molecule has 0 saturated carbocycles. The minimum atomic E-state index is 0.00490. The second-order valence-electron chi connectivity index (χ2n) is 7.93. The van der Waals surface area contributed by atoms with Crippen molar-refractivity contribution in [2.45, 2.75) is 12.6 Å². The van der Waals surface area contributed by atoms with Crippen LogP contribution in [0.5, 0.6) is 0 Å². The number of morpholine rings is 1. The van der Waals surface area contributed by atoms with Crippen molar-refractivity contribution in [3.8, 4) is 0 Å². The van der Waals surface area contributed by atoms with E-state index < -0.39 is 0 Å². The summed E-state index contributed by atoms with van der Waals surface area (Å²) in [7, 11) is 5.93. The number of nitrogens with one attached hydrogen (secondary N) is 1. The lowest BCUT2D eigenvalue weighted by Gasteiger charge is -2.35. The minimum Gasteiger partial charge on any atom is -0.370 e. The van der Waals surface area contributed by atoms with E-state index in [1.807, 2.05) is 43.4 Å². The van der Waals surface area contributed by atoms with Gasteiger partial charge in [-0.15, -0.1) is 0 Å². The van der Waals surface area contributed by atoms with Crippen LogP contribution in [0.3, 0.4) is 0 Å². The van der Waals surface area contributed by atoms with Gasteiger partial charge in [0, 0.05) is 76.9 Å². The number of guanidine groups is 1. The number of aliphatic imine (C=N–C) groups is 1. The van der Waals surface area contributed by atoms with E-state index in [9.17, 15) is 0 Å². The van der Waals surface area contributed by atoms with Crippen LogP contribution in [-0.2, 0) is 18.3 Å². The molecule has 162 valence electrons. The molecular formula is C21H32N8O. The molecule has 30 heavy (non-hydrogen) atoms. The molecule has 9 nitrogen and oxygen atoms in total. The predicted molar refractivity (Wildman–Crippen MR) is 118 cm³/mol. The van der Waals surface area contributed by atoms with E-state index in [0.717, 1.165) is 56.6 Å². The highest BCUT2D eigenvalue weighted by Gasteiger charge is 2.25. The molecule has 1 atom stereocenters. The van der Waals surface area contributed by atoms with Crippen LogP contribution in [0.15, 0.2) is 35.7 Å². The summed E-state index contributed by atoms with van der Waals surface area (Å²) in [5, 5.41) is 7.82. The van der Waals surface area contributed by atoms with Crippen molar-refractivity contribution < 1.29 is 4.74 Å². The Balaban J connectivity index is 1.40. The van der Waals surface area contributed by atoms with E-state index >= 15 is 0 Å². The Hall–Kier alpha value is -2.65. The molecule has 0 aliphatic carbocycles. The first-order chi connectivity index (χ1) is 14.6. The quantitative estimate of drug-likeness (QED) is 0.586. The summed E-state index contributed by atoms with van der Waals surface area (Å²) in [5.41, 5.74) is 2.29. The summed E-state index contributed by atoms with van der Waals surface area (Å²) in [6, 6.07) is 4.16. The van der Waals surface area contributed by atoms with Gasteiger partial charge in [0.05, 0.1) is 19.3 Å². The zero-order valence-corrected chi connectivity index (χ0v) is 18.2. The molecule has 2 aromatic rings. The lowest BCUT2D eigenvalue weighted by atomic mass is 10.1. The van der Waals surface area contributed by atoms with Crippen molar-refractivity contribution in [2.75, 3.05) is 64.9 Å². The third-order valence-corrected chi connectivity index (χ3v) is 5.78. The fraction of sp³-hybridized carbons (Fsp3) is 0.571. The fourth-order valence-corrected chi connectivity index (χ4v) is 4.03. The van der Waals surface area contributed by atoms with Gasteiger partial charge in [0.15, 0.2) is 5.96 Å². The third kappa shape index (κ3) is 4.73. The summed E-state index contributed by atoms with van der Waals surface area (Å²) in [4.78, 5) is 16.2. The van der Waals surface area contributed by atoms with Gasteiger partial charge >= 0.3 is 0 Å². The van der Waals surface area contributed by atoms with Crippen molar-refractivity contribution in [3.63, 3.8) is 0 Å². The summed E-state index contributed by atoms with van der Waals surface area (Å²) in [6.07, 6.45) is 5.78. The third-order valence-electron chi connectivity index (χ3n) is 5.78. The van der Waals surface area contributed by atoms with Gasteiger partial charge in [0.2, 0.25) is 0 Å². The van der Waals surface area contributed by atoms with Crippen molar-refractivity contribution in [1.29, 1.82) is 0 Å². The Morgan fingerprint density at radius 2 is 2.07 bits per heavy atom. The van der Waals surface area contributed by atoms with E-state index in [1.165, 1.54) is 5.56 Å². The Bertz CT molecular complexity index is 858. The van der Waals surface area contributed by atoms with E-state index in [1.54, 1.807) is 0 Å². The van der Waals surface area contributed by atoms with Crippen LogP contribution in [0.1, 0.15) is 17.2 Å². The summed E-state index contributed by atoms with van der Waals surface area (Å²) < 4.78 is 7.79. The van der Waals surface area contributed by atoms with E-state index in [2.05, 4.69) is 48.2 Å². The zero-order chi connectivity index (χ0) is 20.9. The van der Waals surface area contributed by atoms with E-state index in [4.69, 9.17) is 4.74 Å². The Kier molecular flexibility index (Phi) is 6.49. The summed E-state index contributed by atoms with van der Waals surface area (Å²) in [5.74, 6) is 1.96. The van der Waals surface area contributed by atoms with Crippen molar-refractivity contribution in [2.24, 2.45) is 12.0 Å². The van der Waals surface area contributed by atoms with Crippen LogP contribution in [0.4, 0.5) is 5.82 Å². The van der Waals surface area contributed by atoms with Gasteiger partial charge in [-0.1, -0.05) is 6.07 Å². The molecule has 2 aliphatic rings. The average Bonchev–Trinajstić information content (AvgIpc) is 3.22. The Morgan fingerprint density at radius 3 is 2.80 bits per heavy atom. The predicted octanol–water partition coefficient (Wildman–Crippen LogP) is 0.716. The number of likely N-dealkylation sites (N-methyl/N-ethyl adjacent to an activating group) is 1. The summed E-state index contributed by atoms with van der Waals surface area (Å²) in [6.45, 7) is 7.07. The number of aryl methyl sites for hydroxylation is 1. The maximum Gasteiger partial charge on any atom is 0.194 e. The number of hydrogen-bond donors (Lipinski definition) is 1. The number of piperazine rings is 1. The first kappa shape index (κ1) is 20.6. The molecule has 0 bridgehead atoms. The normalized spacial score (nSPS) is 21.2. The molecule has 1 N–H and O–H groups in total. The highest BCUT2D eigenvalue weighted by atomic mass is 16.5. The van der Waals surface area contributed by atoms with Gasteiger partial charge < -0.3 is 24.8 Å². The van der Waals surface area contributed by atoms with Crippen molar-refractivity contribution >= 4 is 11.8 Å². The molecule has 4 rings (SSSR count). The topological polar surface area (TPSA) is 74.1 Å². The molecule has 2 aliphatic heterocycles. The lowest BCUT2D eigenvalue weighted by Crippen LogP contribution is -2.48. The van der Waals surface area contributed by atoms with Crippen LogP contribution >= 0.6 is 0 Å². The van der Waals surface area contributed by atoms with Crippen LogP contribution in [0, 0.1) is 0 Å². The molecule has 9 heteroatoms. The first-order valence-electron chi connectivity index (χ1n) is 10.6. The average molecular weight is 413 g/mol. The van der Waals surface area contributed by atoms with E-state index in [-0.39, 0.29) is 6.10 Å². The zero-order valence-electron chi connectivity index (χ0n) is 18.2. The molecule has 2 aromatic heterocycles. The van der Waals surface area contributed by atoms with Gasteiger partial charge in [0.25, 0.3) is 0 Å². The molecule has 2 saturated heterocycles. The lowest BCUT2D eigenvalue weighted by molar-refractivity contribution is -0.00805. The number of rotatable bonds is 4. The number of anilines is 1. The van der Waals surface area contributed by atoms with Gasteiger partial charge in [-0.25, -0.2) is 4.98 Å². The molecule has 0 aromatic carbocycles. The smallest absolute Gasteiger partial charge is 0.194 e. The number of pyridine rings is 1. The molecule has 0 amide bonds. The van der Waals surface area contributed by atoms with Crippen molar-refractivity contribution in [1.82, 2.24) is 29.9 Å². The fourth-order valence-electron chi connectivity index (χ4n) is 4.03.